The molecule has 0 unspecified atom stereocenters. The predicted molar refractivity (Wildman–Crippen MR) is 86.7 cm³/mol. The number of rotatable bonds is 5. The van der Waals surface area contributed by atoms with Crippen LogP contribution in [0.3, 0.4) is 0 Å². The van der Waals surface area contributed by atoms with Crippen LogP contribution in [0.5, 0.6) is 0 Å². The Balaban J connectivity index is 1.89. The van der Waals surface area contributed by atoms with E-state index in [0.717, 1.165) is 12.1 Å². The third-order valence-corrected chi connectivity index (χ3v) is 4.66. The van der Waals surface area contributed by atoms with Gasteiger partial charge in [-0.1, -0.05) is 12.1 Å². The molecule has 0 aliphatic heterocycles. The summed E-state index contributed by atoms with van der Waals surface area (Å²) in [6.45, 7) is 0. The molecule has 5 nitrogen and oxygen atoms in total. The van der Waals surface area contributed by atoms with Gasteiger partial charge in [-0.05, 0) is 48.5 Å². The van der Waals surface area contributed by atoms with Gasteiger partial charge in [0.05, 0.1) is 4.90 Å². The van der Waals surface area contributed by atoms with E-state index in [1.807, 2.05) is 0 Å². The van der Waals surface area contributed by atoms with Crippen molar-refractivity contribution in [3.8, 4) is 11.3 Å². The van der Waals surface area contributed by atoms with E-state index in [1.165, 1.54) is 18.2 Å². The molecule has 2 aromatic carbocycles. The van der Waals surface area contributed by atoms with Gasteiger partial charge in [0, 0.05) is 11.3 Å². The smallest absolute Gasteiger partial charge is 0.261 e. The molecule has 24 heavy (non-hydrogen) atoms. The number of halogens is 1. The molecule has 1 N–H and O–H groups in total. The Kier molecular flexibility index (Phi) is 4.18. The van der Waals surface area contributed by atoms with Gasteiger partial charge < -0.3 is 4.42 Å². The minimum atomic E-state index is -3.83. The van der Waals surface area contributed by atoms with Crippen LogP contribution in [0.25, 0.3) is 11.3 Å². The summed E-state index contributed by atoms with van der Waals surface area (Å²) < 4.78 is 45.3. The van der Waals surface area contributed by atoms with Gasteiger partial charge in [-0.2, -0.15) is 0 Å². The van der Waals surface area contributed by atoms with Crippen LogP contribution < -0.4 is 4.72 Å². The summed E-state index contributed by atoms with van der Waals surface area (Å²) in [7, 11) is -3.83. The molecule has 0 saturated carbocycles. The summed E-state index contributed by atoms with van der Waals surface area (Å²) >= 11 is 0. The Morgan fingerprint density at radius 2 is 1.75 bits per heavy atom. The number of hydrogen-bond donors (Lipinski definition) is 1. The summed E-state index contributed by atoms with van der Waals surface area (Å²) in [5.41, 5.74) is 0.934. The van der Waals surface area contributed by atoms with E-state index in [0.29, 0.717) is 23.3 Å². The van der Waals surface area contributed by atoms with Crippen LogP contribution in [0.4, 0.5) is 10.1 Å². The Morgan fingerprint density at radius 3 is 2.42 bits per heavy atom. The van der Waals surface area contributed by atoms with Crippen LogP contribution in [0, 0.1) is 5.82 Å². The molecule has 7 heteroatoms. The van der Waals surface area contributed by atoms with Crippen molar-refractivity contribution >= 4 is 22.0 Å². The van der Waals surface area contributed by atoms with Gasteiger partial charge in [-0.15, -0.1) is 0 Å². The monoisotopic (exact) mass is 345 g/mol. The molecule has 3 rings (SSSR count). The standard InChI is InChI=1S/C17H12FNO4S/c18-13-4-7-16(8-5-13)24(21,22)19-14-3-1-2-12(10-14)17-9-6-15(11-20)23-17/h1-11,19H. The lowest BCUT2D eigenvalue weighted by atomic mass is 10.1. The fourth-order valence-corrected chi connectivity index (χ4v) is 3.18. The quantitative estimate of drug-likeness (QED) is 0.715. The van der Waals surface area contributed by atoms with Gasteiger partial charge in [0.25, 0.3) is 10.0 Å². The number of sulfonamides is 1. The summed E-state index contributed by atoms with van der Waals surface area (Å²) in [5.74, 6) is 0.113. The number of carbonyl (C=O) groups is 1. The first-order valence-corrected chi connectivity index (χ1v) is 8.40. The Labute approximate surface area is 137 Å². The third-order valence-electron chi connectivity index (χ3n) is 3.27. The fraction of sp³-hybridized carbons (Fsp3) is 0. The van der Waals surface area contributed by atoms with E-state index in [1.54, 1.807) is 30.3 Å². The molecule has 0 atom stereocenters. The second kappa shape index (κ2) is 6.29. The van der Waals surface area contributed by atoms with Crippen LogP contribution >= 0.6 is 0 Å². The van der Waals surface area contributed by atoms with Crippen LogP contribution in [0.15, 0.2) is 70.0 Å². The van der Waals surface area contributed by atoms with E-state index in [2.05, 4.69) is 4.72 Å². The van der Waals surface area contributed by atoms with E-state index in [-0.39, 0.29) is 10.7 Å². The highest BCUT2D eigenvalue weighted by molar-refractivity contribution is 7.92. The largest absolute Gasteiger partial charge is 0.453 e. The lowest BCUT2D eigenvalue weighted by Crippen LogP contribution is -2.12. The van der Waals surface area contributed by atoms with E-state index < -0.39 is 15.8 Å². The topological polar surface area (TPSA) is 76.4 Å². The lowest BCUT2D eigenvalue weighted by Gasteiger charge is -2.09. The van der Waals surface area contributed by atoms with Crippen molar-refractivity contribution in [2.75, 3.05) is 4.72 Å². The van der Waals surface area contributed by atoms with Crippen molar-refractivity contribution in [3.05, 3.63) is 72.2 Å². The van der Waals surface area contributed by atoms with Crippen molar-refractivity contribution in [2.45, 2.75) is 4.90 Å². The van der Waals surface area contributed by atoms with Crippen LogP contribution in [-0.2, 0) is 10.0 Å². The Hall–Kier alpha value is -2.93. The summed E-state index contributed by atoms with van der Waals surface area (Å²) in [6, 6.07) is 14.2. The maximum absolute atomic E-state index is 12.9. The maximum atomic E-state index is 12.9. The van der Waals surface area contributed by atoms with E-state index >= 15 is 0 Å². The minimum Gasteiger partial charge on any atom is -0.453 e. The highest BCUT2D eigenvalue weighted by atomic mass is 32.2. The van der Waals surface area contributed by atoms with Crippen molar-refractivity contribution in [1.82, 2.24) is 0 Å². The summed E-state index contributed by atoms with van der Waals surface area (Å²) in [6.07, 6.45) is 0.588. The minimum absolute atomic E-state index is 0.0458. The number of hydrogen-bond acceptors (Lipinski definition) is 4. The number of nitrogens with one attached hydrogen (secondary N) is 1. The van der Waals surface area contributed by atoms with Crippen molar-refractivity contribution in [3.63, 3.8) is 0 Å². The molecule has 122 valence electrons. The molecule has 0 spiro atoms. The zero-order valence-electron chi connectivity index (χ0n) is 12.3. The maximum Gasteiger partial charge on any atom is 0.261 e. The third kappa shape index (κ3) is 3.36. The highest BCUT2D eigenvalue weighted by Gasteiger charge is 2.15. The molecule has 0 radical (unpaired) electrons. The van der Waals surface area contributed by atoms with Crippen molar-refractivity contribution in [1.29, 1.82) is 0 Å². The molecule has 1 heterocycles. The van der Waals surface area contributed by atoms with E-state index in [4.69, 9.17) is 4.42 Å². The first kappa shape index (κ1) is 15.9. The van der Waals surface area contributed by atoms with Crippen LogP contribution in [0.1, 0.15) is 10.6 Å². The molecule has 0 saturated heterocycles. The van der Waals surface area contributed by atoms with Gasteiger partial charge >= 0.3 is 0 Å². The Morgan fingerprint density at radius 1 is 1.00 bits per heavy atom. The normalized spacial score (nSPS) is 11.2. The lowest BCUT2D eigenvalue weighted by molar-refractivity contribution is 0.110. The molecule has 0 aliphatic carbocycles. The van der Waals surface area contributed by atoms with Crippen molar-refractivity contribution in [2.24, 2.45) is 0 Å². The second-order valence-corrected chi connectivity index (χ2v) is 6.64. The zero-order valence-corrected chi connectivity index (χ0v) is 13.1. The van der Waals surface area contributed by atoms with Crippen molar-refractivity contribution < 1.29 is 22.0 Å². The van der Waals surface area contributed by atoms with Gasteiger partial charge in [-0.25, -0.2) is 12.8 Å². The summed E-state index contributed by atoms with van der Waals surface area (Å²) in [5, 5.41) is 0. The van der Waals surface area contributed by atoms with Crippen LogP contribution in [-0.4, -0.2) is 14.7 Å². The van der Waals surface area contributed by atoms with Crippen LogP contribution in [0.2, 0.25) is 0 Å². The van der Waals surface area contributed by atoms with Gasteiger partial charge in [-0.3, -0.25) is 9.52 Å². The number of furan rings is 1. The molecule has 0 fully saturated rings. The van der Waals surface area contributed by atoms with Gasteiger partial charge in [0.1, 0.15) is 11.6 Å². The number of aldehydes is 1. The number of carbonyl (C=O) groups excluding carboxylic acids is 1. The average molecular weight is 345 g/mol. The SMILES string of the molecule is O=Cc1ccc(-c2cccc(NS(=O)(=O)c3ccc(F)cc3)c2)o1. The molecule has 0 bridgehead atoms. The summed E-state index contributed by atoms with van der Waals surface area (Å²) in [4.78, 5) is 10.6. The second-order valence-electron chi connectivity index (χ2n) is 4.96. The van der Waals surface area contributed by atoms with Gasteiger partial charge in [0.15, 0.2) is 12.0 Å². The molecular weight excluding hydrogens is 333 g/mol. The fourth-order valence-electron chi connectivity index (χ4n) is 2.14. The molecule has 0 amide bonds. The zero-order chi connectivity index (χ0) is 17.2. The van der Waals surface area contributed by atoms with E-state index in [9.17, 15) is 17.6 Å². The molecule has 3 aromatic rings. The number of anilines is 1. The molecule has 0 aliphatic rings. The molecule has 1 aromatic heterocycles. The number of benzene rings is 2. The predicted octanol–water partition coefficient (Wildman–Crippen LogP) is 3.70. The Bertz CT molecular complexity index is 978. The highest BCUT2D eigenvalue weighted by Crippen LogP contribution is 2.25. The molecular formula is C17H12FNO4S. The van der Waals surface area contributed by atoms with Gasteiger partial charge in [0.2, 0.25) is 0 Å². The first-order chi connectivity index (χ1) is 11.5. The first-order valence-electron chi connectivity index (χ1n) is 6.92. The average Bonchev–Trinajstić information content (AvgIpc) is 3.04.